The Morgan fingerprint density at radius 2 is 1.96 bits per heavy atom. The molecular formula is C20H19N5O. The van der Waals surface area contributed by atoms with Gasteiger partial charge in [-0.3, -0.25) is 5.10 Å². The lowest BCUT2D eigenvalue weighted by molar-refractivity contribution is 0.474. The molecule has 2 heterocycles. The van der Waals surface area contributed by atoms with E-state index < -0.39 is 0 Å². The molecule has 0 unspecified atom stereocenters. The summed E-state index contributed by atoms with van der Waals surface area (Å²) in [5.74, 6) is 1.00. The van der Waals surface area contributed by atoms with Gasteiger partial charge in [0.1, 0.15) is 5.75 Å². The minimum absolute atomic E-state index is 0.271. The molecule has 6 heteroatoms. The first kappa shape index (κ1) is 16.0. The molecule has 0 aliphatic rings. The van der Waals surface area contributed by atoms with Crippen LogP contribution in [0.25, 0.3) is 16.9 Å². The number of aromatic amines is 1. The lowest BCUT2D eigenvalue weighted by atomic mass is 10.1. The van der Waals surface area contributed by atoms with Gasteiger partial charge in [0.05, 0.1) is 11.4 Å². The summed E-state index contributed by atoms with van der Waals surface area (Å²) in [5.41, 5.74) is 4.96. The molecule has 0 bridgehead atoms. The third-order valence-electron chi connectivity index (χ3n) is 4.26. The van der Waals surface area contributed by atoms with Crippen LogP contribution < -0.4 is 5.32 Å². The van der Waals surface area contributed by atoms with E-state index in [2.05, 4.69) is 27.5 Å². The number of benzene rings is 2. The van der Waals surface area contributed by atoms with Crippen LogP contribution in [0.5, 0.6) is 5.75 Å². The summed E-state index contributed by atoms with van der Waals surface area (Å²) in [4.78, 5) is 0. The number of phenolic OH excluding ortho intramolecular Hbond substituents is 1. The molecule has 0 fully saturated rings. The summed E-state index contributed by atoms with van der Waals surface area (Å²) in [6.45, 7) is 2.05. The summed E-state index contributed by atoms with van der Waals surface area (Å²) in [5, 5.41) is 24.6. The Balaban J connectivity index is 1.55. The number of phenols is 1. The molecule has 0 aliphatic heterocycles. The number of aromatic nitrogens is 4. The maximum absolute atomic E-state index is 9.62. The zero-order valence-electron chi connectivity index (χ0n) is 14.3. The highest BCUT2D eigenvalue weighted by Crippen LogP contribution is 2.27. The van der Waals surface area contributed by atoms with Crippen LogP contribution in [0.4, 0.5) is 11.5 Å². The highest BCUT2D eigenvalue weighted by atomic mass is 16.3. The Morgan fingerprint density at radius 1 is 1.12 bits per heavy atom. The van der Waals surface area contributed by atoms with E-state index in [-0.39, 0.29) is 5.75 Å². The highest BCUT2D eigenvalue weighted by molar-refractivity contribution is 5.68. The van der Waals surface area contributed by atoms with Crippen LogP contribution in [-0.2, 0) is 6.42 Å². The second-order valence-electron chi connectivity index (χ2n) is 5.98. The van der Waals surface area contributed by atoms with Crippen LogP contribution in [0.2, 0.25) is 0 Å². The number of anilines is 2. The van der Waals surface area contributed by atoms with E-state index in [0.29, 0.717) is 0 Å². The molecule has 6 nitrogen and oxygen atoms in total. The van der Waals surface area contributed by atoms with Gasteiger partial charge in [0, 0.05) is 24.1 Å². The quantitative estimate of drug-likeness (QED) is 0.472. The Bertz CT molecular complexity index is 1000. The average molecular weight is 345 g/mol. The summed E-state index contributed by atoms with van der Waals surface area (Å²) in [7, 11) is 0. The van der Waals surface area contributed by atoms with E-state index in [0.717, 1.165) is 40.4 Å². The Hall–Kier alpha value is -3.54. The molecule has 26 heavy (non-hydrogen) atoms. The van der Waals surface area contributed by atoms with Crippen LogP contribution in [-0.4, -0.2) is 25.1 Å². The smallest absolute Gasteiger partial charge is 0.152 e. The zero-order valence-corrected chi connectivity index (χ0v) is 14.3. The standard InChI is InChI=1S/C20H19N5O/c1-2-14-12-17(26)8-9-18(14)22-20-13-19(23-24-20)15-4-6-16(7-5-15)25-11-3-10-21-25/h3-13,26H,2H2,1H3,(H2,22,23,24). The molecule has 4 aromatic rings. The third kappa shape index (κ3) is 3.17. The lowest BCUT2D eigenvalue weighted by Gasteiger charge is -2.08. The predicted octanol–water partition coefficient (Wildman–Crippen LogP) is 4.27. The molecule has 2 aromatic heterocycles. The topological polar surface area (TPSA) is 78.8 Å². The van der Waals surface area contributed by atoms with Gasteiger partial charge >= 0.3 is 0 Å². The maximum atomic E-state index is 9.62. The molecule has 2 aromatic carbocycles. The van der Waals surface area contributed by atoms with Crippen LogP contribution in [0.1, 0.15) is 12.5 Å². The van der Waals surface area contributed by atoms with Crippen LogP contribution in [0.15, 0.2) is 67.0 Å². The Kier molecular flexibility index (Phi) is 4.15. The first-order valence-corrected chi connectivity index (χ1v) is 8.47. The number of nitrogens with zero attached hydrogens (tertiary/aromatic N) is 3. The first-order chi connectivity index (χ1) is 12.7. The Morgan fingerprint density at radius 3 is 2.69 bits per heavy atom. The van der Waals surface area contributed by atoms with Crippen molar-refractivity contribution >= 4 is 11.5 Å². The Labute approximate surface area is 151 Å². The van der Waals surface area contributed by atoms with Gasteiger partial charge in [-0.1, -0.05) is 19.1 Å². The second kappa shape index (κ2) is 6.76. The summed E-state index contributed by atoms with van der Waals surface area (Å²) in [6, 6.07) is 17.3. The highest BCUT2D eigenvalue weighted by Gasteiger charge is 2.07. The number of nitrogens with one attached hydrogen (secondary N) is 2. The van der Waals surface area contributed by atoms with E-state index in [1.165, 1.54) is 0 Å². The van der Waals surface area contributed by atoms with Crippen molar-refractivity contribution in [2.75, 3.05) is 5.32 Å². The van der Waals surface area contributed by atoms with Gasteiger partial charge in [-0.05, 0) is 53.9 Å². The minimum Gasteiger partial charge on any atom is -0.508 e. The fourth-order valence-corrected chi connectivity index (χ4v) is 2.88. The van der Waals surface area contributed by atoms with E-state index in [1.807, 2.05) is 53.3 Å². The number of hydrogen-bond acceptors (Lipinski definition) is 4. The van der Waals surface area contributed by atoms with Crippen molar-refractivity contribution < 1.29 is 5.11 Å². The van der Waals surface area contributed by atoms with E-state index in [9.17, 15) is 5.11 Å². The molecule has 0 aliphatic carbocycles. The van der Waals surface area contributed by atoms with E-state index in [4.69, 9.17) is 0 Å². The van der Waals surface area contributed by atoms with Crippen molar-refractivity contribution in [3.8, 4) is 22.7 Å². The van der Waals surface area contributed by atoms with Crippen molar-refractivity contribution in [3.05, 3.63) is 72.6 Å². The maximum Gasteiger partial charge on any atom is 0.152 e. The number of rotatable bonds is 5. The van der Waals surface area contributed by atoms with Gasteiger partial charge in [0.2, 0.25) is 0 Å². The minimum atomic E-state index is 0.271. The molecular weight excluding hydrogens is 326 g/mol. The molecule has 0 amide bonds. The van der Waals surface area contributed by atoms with Crippen molar-refractivity contribution in [2.24, 2.45) is 0 Å². The number of hydrogen-bond donors (Lipinski definition) is 3. The lowest BCUT2D eigenvalue weighted by Crippen LogP contribution is -1.95. The van der Waals surface area contributed by atoms with Gasteiger partial charge in [-0.15, -0.1) is 0 Å². The van der Waals surface area contributed by atoms with Crippen molar-refractivity contribution in [3.63, 3.8) is 0 Å². The SMILES string of the molecule is CCc1cc(O)ccc1Nc1cc(-c2ccc(-n3cccn3)cc2)[nH]n1. The summed E-state index contributed by atoms with van der Waals surface area (Å²) in [6.07, 6.45) is 4.49. The van der Waals surface area contributed by atoms with Crippen LogP contribution >= 0.6 is 0 Å². The zero-order chi connectivity index (χ0) is 17.9. The van der Waals surface area contributed by atoms with Crippen LogP contribution in [0.3, 0.4) is 0 Å². The molecule has 130 valence electrons. The first-order valence-electron chi connectivity index (χ1n) is 8.47. The fraction of sp³-hybridized carbons (Fsp3) is 0.100. The molecule has 3 N–H and O–H groups in total. The third-order valence-corrected chi connectivity index (χ3v) is 4.26. The van der Waals surface area contributed by atoms with Crippen LogP contribution in [0, 0.1) is 0 Å². The van der Waals surface area contributed by atoms with Gasteiger partial charge in [-0.25, -0.2) is 4.68 Å². The summed E-state index contributed by atoms with van der Waals surface area (Å²) >= 11 is 0. The molecule has 0 saturated heterocycles. The normalized spacial score (nSPS) is 10.8. The molecule has 4 rings (SSSR count). The monoisotopic (exact) mass is 345 g/mol. The summed E-state index contributed by atoms with van der Waals surface area (Å²) < 4.78 is 1.82. The number of H-pyrrole nitrogens is 1. The molecule has 0 atom stereocenters. The van der Waals surface area contributed by atoms with Gasteiger partial charge in [-0.2, -0.15) is 10.2 Å². The predicted molar refractivity (Wildman–Crippen MR) is 102 cm³/mol. The van der Waals surface area contributed by atoms with Crippen molar-refractivity contribution in [1.82, 2.24) is 20.0 Å². The average Bonchev–Trinajstić information content (AvgIpc) is 3.35. The fourth-order valence-electron chi connectivity index (χ4n) is 2.88. The molecule has 0 radical (unpaired) electrons. The number of aryl methyl sites for hydroxylation is 1. The molecule has 0 saturated carbocycles. The van der Waals surface area contributed by atoms with Gasteiger partial charge in [0.15, 0.2) is 5.82 Å². The van der Waals surface area contributed by atoms with E-state index in [1.54, 1.807) is 18.3 Å². The largest absolute Gasteiger partial charge is 0.508 e. The van der Waals surface area contributed by atoms with Crippen molar-refractivity contribution in [1.29, 1.82) is 0 Å². The van der Waals surface area contributed by atoms with Crippen molar-refractivity contribution in [2.45, 2.75) is 13.3 Å². The van der Waals surface area contributed by atoms with E-state index >= 15 is 0 Å². The molecule has 0 spiro atoms. The second-order valence-corrected chi connectivity index (χ2v) is 5.98. The van der Waals surface area contributed by atoms with Gasteiger partial charge in [0.25, 0.3) is 0 Å². The van der Waals surface area contributed by atoms with Gasteiger partial charge < -0.3 is 10.4 Å². The number of aromatic hydroxyl groups is 1.